The molecule has 1 aliphatic carbocycles. The molecule has 0 fully saturated rings. The van der Waals surface area contributed by atoms with Gasteiger partial charge in [-0.05, 0) is 62.3 Å². The van der Waals surface area contributed by atoms with Gasteiger partial charge in [-0.1, -0.05) is 35.3 Å². The predicted octanol–water partition coefficient (Wildman–Crippen LogP) is 2.78. The van der Waals surface area contributed by atoms with Gasteiger partial charge in [0.2, 0.25) is 11.9 Å². The van der Waals surface area contributed by atoms with Crippen LogP contribution in [0.25, 0.3) is 16.7 Å². The highest BCUT2D eigenvalue weighted by molar-refractivity contribution is 6.37. The van der Waals surface area contributed by atoms with Gasteiger partial charge >= 0.3 is 5.69 Å². The first-order valence-corrected chi connectivity index (χ1v) is 12.3. The van der Waals surface area contributed by atoms with E-state index in [1.54, 1.807) is 18.2 Å². The molecule has 4 N–H and O–H groups in total. The maximum absolute atomic E-state index is 12.9. The number of nitrogens with one attached hydrogen (secondary N) is 4. The number of amides is 1. The fourth-order valence-electron chi connectivity index (χ4n) is 4.49. The largest absolute Gasteiger partial charge is 0.352 e. The first-order chi connectivity index (χ1) is 17.7. The summed E-state index contributed by atoms with van der Waals surface area (Å²) in [6, 6.07) is 10.9. The van der Waals surface area contributed by atoms with Gasteiger partial charge in [-0.2, -0.15) is 4.98 Å². The monoisotopic (exact) mass is 538 g/mol. The third-order valence-electron chi connectivity index (χ3n) is 6.08. The van der Waals surface area contributed by atoms with Gasteiger partial charge in [0.25, 0.3) is 0 Å². The van der Waals surface area contributed by atoms with Crippen molar-refractivity contribution < 1.29 is 4.79 Å². The molecular weight excluding hydrogens is 515 g/mol. The van der Waals surface area contributed by atoms with E-state index in [2.05, 4.69) is 25.6 Å². The molecule has 4 aromatic rings. The molecule has 190 valence electrons. The van der Waals surface area contributed by atoms with Gasteiger partial charge in [-0.25, -0.2) is 14.3 Å². The number of halogens is 2. The van der Waals surface area contributed by atoms with Crippen molar-refractivity contribution in [3.05, 3.63) is 79.7 Å². The number of benzene rings is 2. The zero-order chi connectivity index (χ0) is 26.3. The Labute approximate surface area is 221 Å². The van der Waals surface area contributed by atoms with Gasteiger partial charge in [0.1, 0.15) is 5.49 Å². The minimum Gasteiger partial charge on any atom is -0.352 e. The Morgan fingerprint density at radius 2 is 1.92 bits per heavy atom. The lowest BCUT2D eigenvalue weighted by Gasteiger charge is -2.14. The number of fused-ring (bicyclic) bond motifs is 2. The van der Waals surface area contributed by atoms with Gasteiger partial charge in [0.15, 0.2) is 5.65 Å². The van der Waals surface area contributed by atoms with Crippen molar-refractivity contribution >= 4 is 51.8 Å². The fourth-order valence-corrected chi connectivity index (χ4v) is 5.06. The number of carbonyl (C=O) groups is 1. The summed E-state index contributed by atoms with van der Waals surface area (Å²) in [6.07, 6.45) is 2.99. The quantitative estimate of drug-likeness (QED) is 0.298. The Morgan fingerprint density at radius 3 is 2.65 bits per heavy atom. The second kappa shape index (κ2) is 9.97. The van der Waals surface area contributed by atoms with Crippen molar-refractivity contribution in [2.24, 2.45) is 0 Å². The van der Waals surface area contributed by atoms with Crippen LogP contribution in [0.3, 0.4) is 0 Å². The summed E-state index contributed by atoms with van der Waals surface area (Å²) in [5.74, 6) is 0.274. The number of rotatable bonds is 6. The number of nitrogens with zero attached hydrogens (tertiary/aromatic N) is 4. The van der Waals surface area contributed by atoms with Crippen LogP contribution in [0.5, 0.6) is 0 Å². The second-order valence-corrected chi connectivity index (χ2v) is 9.97. The third-order valence-corrected chi connectivity index (χ3v) is 6.69. The van der Waals surface area contributed by atoms with E-state index >= 15 is 0 Å². The van der Waals surface area contributed by atoms with Crippen LogP contribution in [-0.2, 0) is 17.6 Å². The molecule has 0 bridgehead atoms. The Kier molecular flexibility index (Phi) is 6.72. The Balaban J connectivity index is 1.39. The molecule has 1 aliphatic rings. The van der Waals surface area contributed by atoms with E-state index in [-0.39, 0.29) is 44.8 Å². The smallest absolute Gasteiger partial charge is 0.333 e. The van der Waals surface area contributed by atoms with Gasteiger partial charge < -0.3 is 15.5 Å². The number of H-pyrrole nitrogens is 1. The number of hydrogen-bond acceptors (Lipinski definition) is 7. The molecule has 10 nitrogen and oxygen atoms in total. The summed E-state index contributed by atoms with van der Waals surface area (Å²) < 4.78 is 1.09. The normalized spacial score (nSPS) is 14.7. The van der Waals surface area contributed by atoms with Crippen LogP contribution >= 0.6 is 23.2 Å². The van der Waals surface area contributed by atoms with E-state index in [4.69, 9.17) is 28.6 Å². The number of likely N-dealkylation sites (N-methyl/N-ethyl adjacent to an activating group) is 1. The van der Waals surface area contributed by atoms with Crippen molar-refractivity contribution in [1.82, 2.24) is 29.7 Å². The molecule has 0 spiro atoms. The molecular formula is C25H24Cl2N8O2. The minimum absolute atomic E-state index is 0.00611. The summed E-state index contributed by atoms with van der Waals surface area (Å²) in [5, 5.41) is 15.6. The average molecular weight is 539 g/mol. The number of aromatic nitrogens is 4. The Bertz CT molecular complexity index is 1630. The molecule has 0 saturated carbocycles. The van der Waals surface area contributed by atoms with Crippen LogP contribution in [0.15, 0.2) is 47.4 Å². The van der Waals surface area contributed by atoms with E-state index in [1.165, 1.54) is 11.8 Å². The van der Waals surface area contributed by atoms with E-state index in [1.807, 2.05) is 37.2 Å². The van der Waals surface area contributed by atoms with Crippen molar-refractivity contribution in [2.75, 3.05) is 26.0 Å². The molecule has 0 radical (unpaired) electrons. The van der Waals surface area contributed by atoms with Crippen molar-refractivity contribution in [3.8, 4) is 5.69 Å². The summed E-state index contributed by atoms with van der Waals surface area (Å²) in [4.78, 5) is 38.3. The van der Waals surface area contributed by atoms with Gasteiger partial charge in [-0.15, -0.1) is 0 Å². The lowest BCUT2D eigenvalue weighted by atomic mass is 10.1. The van der Waals surface area contributed by atoms with Crippen LogP contribution in [0.1, 0.15) is 11.1 Å². The molecule has 5 rings (SSSR count). The second-order valence-electron chi connectivity index (χ2n) is 9.16. The predicted molar refractivity (Wildman–Crippen MR) is 143 cm³/mol. The van der Waals surface area contributed by atoms with Crippen molar-refractivity contribution in [1.29, 1.82) is 5.41 Å². The summed E-state index contributed by atoms with van der Waals surface area (Å²) in [7, 11) is 3.73. The number of anilines is 2. The summed E-state index contributed by atoms with van der Waals surface area (Å²) in [5.41, 5.74) is 2.79. The number of carbonyl (C=O) groups excluding carboxylic acids is 1. The topological polar surface area (TPSA) is 132 Å². The molecule has 2 aromatic carbocycles. The van der Waals surface area contributed by atoms with Crippen molar-refractivity contribution in [2.45, 2.75) is 18.9 Å². The van der Waals surface area contributed by atoms with Crippen molar-refractivity contribution in [3.63, 3.8) is 0 Å². The third kappa shape index (κ3) is 5.08. The van der Waals surface area contributed by atoms with Gasteiger partial charge in [-0.3, -0.25) is 15.2 Å². The molecule has 37 heavy (non-hydrogen) atoms. The zero-order valence-corrected chi connectivity index (χ0v) is 21.6. The zero-order valence-electron chi connectivity index (χ0n) is 20.1. The van der Waals surface area contributed by atoms with Crippen LogP contribution in [0.2, 0.25) is 10.0 Å². The molecule has 0 aliphatic heterocycles. The molecule has 1 unspecified atom stereocenters. The SMILES string of the molecule is CN(C)CC(=O)NC1Cc2ccc(Nc3ncc4c(=N)n(-c5c(Cl)cccc5Cl)c(=O)[nH]c4n3)cc2C1. The molecule has 2 aromatic heterocycles. The summed E-state index contributed by atoms with van der Waals surface area (Å²) >= 11 is 12.5. The summed E-state index contributed by atoms with van der Waals surface area (Å²) in [6.45, 7) is 0.354. The van der Waals surface area contributed by atoms with E-state index in [0.717, 1.165) is 28.7 Å². The van der Waals surface area contributed by atoms with E-state index < -0.39 is 5.69 Å². The van der Waals surface area contributed by atoms with Crippen LogP contribution < -0.4 is 21.8 Å². The van der Waals surface area contributed by atoms with Crippen LogP contribution in [0, 0.1) is 5.41 Å². The molecule has 2 heterocycles. The average Bonchev–Trinajstić information content (AvgIpc) is 3.21. The first-order valence-electron chi connectivity index (χ1n) is 11.5. The molecule has 1 atom stereocenters. The fraction of sp³-hybridized carbons (Fsp3) is 0.240. The number of aromatic amines is 1. The number of para-hydroxylation sites is 1. The Morgan fingerprint density at radius 1 is 1.19 bits per heavy atom. The van der Waals surface area contributed by atoms with Gasteiger partial charge in [0.05, 0.1) is 27.7 Å². The van der Waals surface area contributed by atoms with E-state index in [9.17, 15) is 9.59 Å². The first kappa shape index (κ1) is 24.9. The minimum atomic E-state index is -0.600. The standard InChI is InChI=1S/C25H24Cl2N8O2/c1-34(2)12-20(36)30-16-8-13-6-7-15(9-14(13)10-16)31-24-29-11-17-22(28)35(25(37)33-23(17)32-24)21-18(26)4-3-5-19(21)27/h3-7,9,11,16,28H,8,10,12H2,1-2H3,(H,30,36)(H2,29,31,32,33,37). The maximum Gasteiger partial charge on any atom is 0.333 e. The van der Waals surface area contributed by atoms with E-state index in [0.29, 0.717) is 11.9 Å². The highest BCUT2D eigenvalue weighted by atomic mass is 35.5. The number of hydrogen-bond donors (Lipinski definition) is 4. The highest BCUT2D eigenvalue weighted by Crippen LogP contribution is 2.28. The highest BCUT2D eigenvalue weighted by Gasteiger charge is 2.23. The lowest BCUT2D eigenvalue weighted by Crippen LogP contribution is -2.40. The molecule has 0 saturated heterocycles. The molecule has 1 amide bonds. The maximum atomic E-state index is 12.9. The lowest BCUT2D eigenvalue weighted by molar-refractivity contribution is -0.122. The van der Waals surface area contributed by atoms with Crippen LogP contribution in [-0.4, -0.2) is 57.0 Å². The van der Waals surface area contributed by atoms with Gasteiger partial charge in [0, 0.05) is 17.9 Å². The Hall–Kier alpha value is -3.73. The van der Waals surface area contributed by atoms with Crippen LogP contribution in [0.4, 0.5) is 11.6 Å². The molecule has 12 heteroatoms.